The van der Waals surface area contributed by atoms with Gasteiger partial charge in [-0.3, -0.25) is 9.59 Å². The van der Waals surface area contributed by atoms with Crippen molar-refractivity contribution in [1.29, 1.82) is 5.26 Å². The summed E-state index contributed by atoms with van der Waals surface area (Å²) in [5, 5.41) is 12.2. The molecule has 1 amide bonds. The number of nitrogens with zero attached hydrogens (tertiary/aromatic N) is 1. The minimum Gasteiger partial charge on any atom is -0.493 e. The maximum absolute atomic E-state index is 12.2. The van der Waals surface area contributed by atoms with Crippen molar-refractivity contribution in [2.24, 2.45) is 0 Å². The number of aryl methyl sites for hydroxylation is 2. The van der Waals surface area contributed by atoms with Gasteiger partial charge in [0.1, 0.15) is 11.6 Å². The summed E-state index contributed by atoms with van der Waals surface area (Å²) in [7, 11) is 1.47. The molecule has 0 unspecified atom stereocenters. The summed E-state index contributed by atoms with van der Waals surface area (Å²) < 4.78 is 11.7. The van der Waals surface area contributed by atoms with Crippen molar-refractivity contribution in [1.82, 2.24) is 4.98 Å². The number of hydrogen-bond acceptors (Lipinski definition) is 5. The Bertz CT molecular complexity index is 1230. The molecule has 8 heteroatoms. The smallest absolute Gasteiger partial charge is 0.266 e. The molecule has 0 aliphatic heterocycles. The Labute approximate surface area is 187 Å². The van der Waals surface area contributed by atoms with E-state index >= 15 is 0 Å². The second kappa shape index (κ2) is 9.49. The van der Waals surface area contributed by atoms with Crippen molar-refractivity contribution in [2.45, 2.75) is 13.8 Å². The lowest BCUT2D eigenvalue weighted by molar-refractivity contribution is -0.118. The van der Waals surface area contributed by atoms with Gasteiger partial charge in [-0.2, -0.15) is 5.26 Å². The predicted octanol–water partition coefficient (Wildman–Crippen LogP) is 4.32. The number of ether oxygens (including phenoxy) is 2. The average molecular weight is 482 g/mol. The molecule has 3 aromatic rings. The highest BCUT2D eigenvalue weighted by molar-refractivity contribution is 9.10. The van der Waals surface area contributed by atoms with Crippen molar-refractivity contribution in [3.8, 4) is 28.7 Å². The zero-order valence-electron chi connectivity index (χ0n) is 17.2. The van der Waals surface area contributed by atoms with Gasteiger partial charge in [0.15, 0.2) is 18.1 Å². The summed E-state index contributed by atoms with van der Waals surface area (Å²) in [5.74, 6) is 0.392. The molecular weight excluding hydrogens is 462 g/mol. The Kier molecular flexibility index (Phi) is 6.78. The van der Waals surface area contributed by atoms with E-state index in [2.05, 4.69) is 26.2 Å². The number of pyridine rings is 1. The molecule has 0 atom stereocenters. The van der Waals surface area contributed by atoms with E-state index in [1.54, 1.807) is 25.1 Å². The SMILES string of the molecule is COc1cc(-c2cc(C)[nH]c(=O)c2C#N)c(Br)cc1OCC(=O)Nc1ccc(C)cc1. The average Bonchev–Trinajstić information content (AvgIpc) is 2.73. The maximum Gasteiger partial charge on any atom is 0.266 e. The van der Waals surface area contributed by atoms with Crippen molar-refractivity contribution >= 4 is 27.5 Å². The topological polar surface area (TPSA) is 104 Å². The number of H-pyrrole nitrogens is 1. The molecule has 0 aliphatic rings. The first-order valence-corrected chi connectivity index (χ1v) is 10.1. The lowest BCUT2D eigenvalue weighted by atomic mass is 10.0. The van der Waals surface area contributed by atoms with Crippen LogP contribution in [0.2, 0.25) is 0 Å². The first-order chi connectivity index (χ1) is 14.8. The molecule has 0 saturated heterocycles. The van der Waals surface area contributed by atoms with Crippen LogP contribution in [0.4, 0.5) is 5.69 Å². The molecule has 0 spiro atoms. The number of methoxy groups -OCH3 is 1. The van der Waals surface area contributed by atoms with Crippen LogP contribution in [-0.4, -0.2) is 24.6 Å². The summed E-state index contributed by atoms with van der Waals surface area (Å²) in [5.41, 5.74) is 3.00. The van der Waals surface area contributed by atoms with Crippen LogP contribution in [-0.2, 0) is 4.79 Å². The zero-order chi connectivity index (χ0) is 22.5. The number of aromatic nitrogens is 1. The molecule has 2 N–H and O–H groups in total. The van der Waals surface area contributed by atoms with Crippen LogP contribution in [0.15, 0.2) is 51.7 Å². The summed E-state index contributed by atoms with van der Waals surface area (Å²) in [6.07, 6.45) is 0. The fourth-order valence-corrected chi connectivity index (χ4v) is 3.54. The predicted molar refractivity (Wildman–Crippen MR) is 122 cm³/mol. The Morgan fingerprint density at radius 2 is 1.84 bits per heavy atom. The fourth-order valence-electron chi connectivity index (χ4n) is 3.00. The van der Waals surface area contributed by atoms with Gasteiger partial charge in [-0.15, -0.1) is 0 Å². The van der Waals surface area contributed by atoms with Gasteiger partial charge in [-0.1, -0.05) is 33.6 Å². The van der Waals surface area contributed by atoms with Gasteiger partial charge in [0.25, 0.3) is 11.5 Å². The van der Waals surface area contributed by atoms with Gasteiger partial charge in [0, 0.05) is 27.0 Å². The van der Waals surface area contributed by atoms with E-state index in [1.165, 1.54) is 7.11 Å². The van der Waals surface area contributed by atoms with E-state index in [0.717, 1.165) is 5.56 Å². The third kappa shape index (κ3) is 5.13. The van der Waals surface area contributed by atoms with Crippen molar-refractivity contribution in [2.75, 3.05) is 19.0 Å². The van der Waals surface area contributed by atoms with Gasteiger partial charge in [-0.05, 0) is 44.2 Å². The van der Waals surface area contributed by atoms with Crippen molar-refractivity contribution in [3.05, 3.63) is 74.1 Å². The van der Waals surface area contributed by atoms with E-state index in [9.17, 15) is 14.9 Å². The van der Waals surface area contributed by atoms with Gasteiger partial charge in [0.2, 0.25) is 0 Å². The molecule has 158 valence electrons. The number of hydrogen-bond donors (Lipinski definition) is 2. The monoisotopic (exact) mass is 481 g/mol. The number of halogens is 1. The molecule has 0 fully saturated rings. The molecular formula is C23H20BrN3O4. The first-order valence-electron chi connectivity index (χ1n) is 9.33. The summed E-state index contributed by atoms with van der Waals surface area (Å²) in [6, 6.07) is 14.4. The Hall–Kier alpha value is -3.57. The second-order valence-electron chi connectivity index (χ2n) is 6.87. The van der Waals surface area contributed by atoms with Gasteiger partial charge >= 0.3 is 0 Å². The highest BCUT2D eigenvalue weighted by Gasteiger charge is 2.17. The number of benzene rings is 2. The minimum atomic E-state index is -0.462. The van der Waals surface area contributed by atoms with Crippen molar-refractivity contribution < 1.29 is 14.3 Å². The van der Waals surface area contributed by atoms with Crippen molar-refractivity contribution in [3.63, 3.8) is 0 Å². The molecule has 3 rings (SSSR count). The minimum absolute atomic E-state index is 0.000466. The lowest BCUT2D eigenvalue weighted by Crippen LogP contribution is -2.20. The molecule has 0 bridgehead atoms. The molecule has 1 aromatic heterocycles. The fraction of sp³-hybridized carbons (Fsp3) is 0.174. The molecule has 7 nitrogen and oxygen atoms in total. The molecule has 2 aromatic carbocycles. The molecule has 0 radical (unpaired) electrons. The number of nitrogens with one attached hydrogen (secondary N) is 2. The third-order valence-electron chi connectivity index (χ3n) is 4.52. The lowest BCUT2D eigenvalue weighted by Gasteiger charge is -2.15. The second-order valence-corrected chi connectivity index (χ2v) is 7.72. The van der Waals surface area contributed by atoms with Gasteiger partial charge < -0.3 is 19.8 Å². The van der Waals surface area contributed by atoms with Crippen LogP contribution in [0.1, 0.15) is 16.8 Å². The molecule has 0 aliphatic carbocycles. The largest absolute Gasteiger partial charge is 0.493 e. The van der Waals surface area contributed by atoms with E-state index < -0.39 is 5.56 Å². The Morgan fingerprint density at radius 1 is 1.13 bits per heavy atom. The van der Waals surface area contributed by atoms with E-state index in [-0.39, 0.29) is 18.1 Å². The zero-order valence-corrected chi connectivity index (χ0v) is 18.8. The number of aromatic amines is 1. The number of carbonyl (C=O) groups excluding carboxylic acids is 1. The van der Waals surface area contributed by atoms with Gasteiger partial charge in [-0.25, -0.2) is 0 Å². The number of rotatable bonds is 6. The first kappa shape index (κ1) is 22.1. The van der Waals surface area contributed by atoms with Crippen LogP contribution in [0.5, 0.6) is 11.5 Å². The van der Waals surface area contributed by atoms with E-state index in [4.69, 9.17) is 9.47 Å². The Morgan fingerprint density at radius 3 is 2.48 bits per heavy atom. The highest BCUT2D eigenvalue weighted by Crippen LogP contribution is 2.39. The van der Waals surface area contributed by atoms with Crippen LogP contribution in [0, 0.1) is 25.2 Å². The van der Waals surface area contributed by atoms with Crippen LogP contribution < -0.4 is 20.3 Å². The molecule has 0 saturated carbocycles. The van der Waals surface area contributed by atoms with E-state index in [0.29, 0.717) is 38.5 Å². The van der Waals surface area contributed by atoms with E-state index in [1.807, 2.05) is 37.3 Å². The molecule has 31 heavy (non-hydrogen) atoms. The highest BCUT2D eigenvalue weighted by atomic mass is 79.9. The number of nitriles is 1. The standard InChI is InChI=1S/C23H20BrN3O4/c1-13-4-6-15(7-5-13)27-22(28)12-31-21-10-19(24)17(9-20(21)30-3)16-8-14(2)26-23(29)18(16)11-25/h4-10H,12H2,1-3H3,(H,26,29)(H,27,28). The Balaban J connectivity index is 1.85. The van der Waals surface area contributed by atoms with Gasteiger partial charge in [0.05, 0.1) is 7.11 Å². The number of carbonyl (C=O) groups is 1. The maximum atomic E-state index is 12.2. The third-order valence-corrected chi connectivity index (χ3v) is 5.17. The number of anilines is 1. The summed E-state index contributed by atoms with van der Waals surface area (Å²) in [4.78, 5) is 27.0. The summed E-state index contributed by atoms with van der Waals surface area (Å²) >= 11 is 3.47. The normalized spacial score (nSPS) is 10.3. The van der Waals surface area contributed by atoms with Crippen LogP contribution >= 0.6 is 15.9 Å². The van der Waals surface area contributed by atoms with Crippen LogP contribution in [0.25, 0.3) is 11.1 Å². The summed E-state index contributed by atoms with van der Waals surface area (Å²) in [6.45, 7) is 3.49. The number of amides is 1. The quantitative estimate of drug-likeness (QED) is 0.545. The molecule has 1 heterocycles. The van der Waals surface area contributed by atoms with Crippen LogP contribution in [0.3, 0.4) is 0 Å².